The summed E-state index contributed by atoms with van der Waals surface area (Å²) in [5, 5.41) is 0. The molecule has 7 heteroatoms. The Morgan fingerprint density at radius 1 is 0.971 bits per heavy atom. The summed E-state index contributed by atoms with van der Waals surface area (Å²) >= 11 is 0. The van der Waals surface area contributed by atoms with Gasteiger partial charge in [-0.3, -0.25) is 9.13 Å². The number of benzene rings is 3. The number of rotatable bonds is 6. The first-order chi connectivity index (χ1) is 16.5. The molecule has 0 bridgehead atoms. The van der Waals surface area contributed by atoms with E-state index >= 15 is 0 Å². The van der Waals surface area contributed by atoms with Gasteiger partial charge in [-0.25, -0.2) is 9.18 Å². The van der Waals surface area contributed by atoms with Crippen molar-refractivity contribution in [2.24, 2.45) is 0 Å². The van der Waals surface area contributed by atoms with Gasteiger partial charge in [0, 0.05) is 18.7 Å². The summed E-state index contributed by atoms with van der Waals surface area (Å²) in [7, 11) is 3.24. The molecule has 1 fully saturated rings. The topological polar surface area (TPSA) is 48.6 Å². The van der Waals surface area contributed by atoms with E-state index in [0.29, 0.717) is 31.1 Å². The molecule has 4 aromatic rings. The first-order valence-corrected chi connectivity index (χ1v) is 11.4. The van der Waals surface area contributed by atoms with Crippen LogP contribution in [0.25, 0.3) is 11.0 Å². The number of para-hydroxylation sites is 3. The molecule has 2 heterocycles. The highest BCUT2D eigenvalue weighted by Crippen LogP contribution is 2.34. The molecule has 0 radical (unpaired) electrons. The Morgan fingerprint density at radius 2 is 1.71 bits per heavy atom. The maximum atomic E-state index is 14.6. The second-order valence-corrected chi connectivity index (χ2v) is 8.67. The average molecular weight is 462 g/mol. The average Bonchev–Trinajstić information content (AvgIpc) is 3.42. The van der Waals surface area contributed by atoms with Crippen LogP contribution in [0.3, 0.4) is 0 Å². The molecule has 1 atom stereocenters. The van der Waals surface area contributed by atoms with Gasteiger partial charge >= 0.3 is 5.69 Å². The Morgan fingerprint density at radius 3 is 2.47 bits per heavy atom. The maximum absolute atomic E-state index is 14.6. The quantitative estimate of drug-likeness (QED) is 0.415. The standard InChI is InChI=1S/C27H28FN3O3/c1-18-8-6-10-21(28)25(18)29-15-14-20(17-29)31-22-11-7-13-24(34-3)26(22)30(27(31)32)16-19-9-4-5-12-23(19)33-2/h4-13,20H,14-17H2,1-3H3/t20-/m1/s1. The molecule has 34 heavy (non-hydrogen) atoms. The fraction of sp³-hybridized carbons (Fsp3) is 0.296. The molecule has 6 nitrogen and oxygen atoms in total. The van der Waals surface area contributed by atoms with Crippen LogP contribution in [-0.4, -0.2) is 36.4 Å². The number of aromatic nitrogens is 2. The molecule has 0 N–H and O–H groups in total. The summed E-state index contributed by atoms with van der Waals surface area (Å²) in [5.41, 5.74) is 3.88. The van der Waals surface area contributed by atoms with Gasteiger partial charge in [0.1, 0.15) is 22.8 Å². The molecule has 176 valence electrons. The number of ether oxygens (including phenoxy) is 2. The zero-order valence-electron chi connectivity index (χ0n) is 19.6. The summed E-state index contributed by atoms with van der Waals surface area (Å²) in [5.74, 6) is 1.14. The van der Waals surface area contributed by atoms with Gasteiger partial charge in [-0.05, 0) is 43.2 Å². The molecule has 1 aliphatic heterocycles. The normalized spacial score (nSPS) is 15.8. The van der Waals surface area contributed by atoms with Gasteiger partial charge in [0.15, 0.2) is 0 Å². The van der Waals surface area contributed by atoms with Gasteiger partial charge in [-0.1, -0.05) is 36.4 Å². The fourth-order valence-corrected chi connectivity index (χ4v) is 5.15. The summed E-state index contributed by atoms with van der Waals surface area (Å²) in [6.07, 6.45) is 0.749. The van der Waals surface area contributed by atoms with Crippen LogP contribution in [0.5, 0.6) is 11.5 Å². The smallest absolute Gasteiger partial charge is 0.329 e. The third-order valence-electron chi connectivity index (χ3n) is 6.72. The zero-order valence-corrected chi connectivity index (χ0v) is 19.6. The number of halogens is 1. The molecule has 0 aliphatic carbocycles. The molecule has 0 unspecified atom stereocenters. The van der Waals surface area contributed by atoms with Crippen LogP contribution in [0, 0.1) is 12.7 Å². The third-order valence-corrected chi connectivity index (χ3v) is 6.72. The lowest BCUT2D eigenvalue weighted by Crippen LogP contribution is -2.30. The minimum absolute atomic E-state index is 0.0833. The lowest BCUT2D eigenvalue weighted by Gasteiger charge is -2.21. The van der Waals surface area contributed by atoms with Crippen molar-refractivity contribution < 1.29 is 13.9 Å². The Kier molecular flexibility index (Phi) is 5.77. The van der Waals surface area contributed by atoms with E-state index in [-0.39, 0.29) is 17.5 Å². The van der Waals surface area contributed by atoms with E-state index in [0.717, 1.165) is 34.3 Å². The second-order valence-electron chi connectivity index (χ2n) is 8.67. The fourth-order valence-electron chi connectivity index (χ4n) is 5.15. The molecular formula is C27H28FN3O3. The summed E-state index contributed by atoms with van der Waals surface area (Å²) < 4.78 is 29.4. The highest BCUT2D eigenvalue weighted by molar-refractivity contribution is 5.83. The molecule has 3 aromatic carbocycles. The van der Waals surface area contributed by atoms with E-state index in [1.54, 1.807) is 24.9 Å². The van der Waals surface area contributed by atoms with Crippen LogP contribution in [0.4, 0.5) is 10.1 Å². The van der Waals surface area contributed by atoms with Gasteiger partial charge in [-0.2, -0.15) is 0 Å². The number of fused-ring (bicyclic) bond motifs is 1. The Hall–Kier alpha value is -3.74. The van der Waals surface area contributed by atoms with E-state index in [4.69, 9.17) is 9.47 Å². The van der Waals surface area contributed by atoms with Crippen molar-refractivity contribution in [1.82, 2.24) is 9.13 Å². The largest absolute Gasteiger partial charge is 0.496 e. The van der Waals surface area contributed by atoms with Crippen molar-refractivity contribution in [3.8, 4) is 11.5 Å². The van der Waals surface area contributed by atoms with Gasteiger partial charge in [-0.15, -0.1) is 0 Å². The van der Waals surface area contributed by atoms with Crippen molar-refractivity contribution in [2.45, 2.75) is 25.9 Å². The van der Waals surface area contributed by atoms with Crippen LogP contribution in [0.2, 0.25) is 0 Å². The van der Waals surface area contributed by atoms with Gasteiger partial charge in [0.25, 0.3) is 0 Å². The number of imidazole rings is 1. The first-order valence-electron chi connectivity index (χ1n) is 11.4. The molecule has 0 amide bonds. The minimum atomic E-state index is -0.228. The molecule has 1 aromatic heterocycles. The van der Waals surface area contributed by atoms with E-state index in [1.807, 2.05) is 64.9 Å². The number of aryl methyl sites for hydroxylation is 1. The van der Waals surface area contributed by atoms with Crippen LogP contribution in [-0.2, 0) is 6.54 Å². The van der Waals surface area contributed by atoms with Crippen LogP contribution >= 0.6 is 0 Å². The number of methoxy groups -OCH3 is 2. The molecule has 1 saturated heterocycles. The molecule has 0 spiro atoms. The monoisotopic (exact) mass is 461 g/mol. The van der Waals surface area contributed by atoms with Crippen molar-refractivity contribution in [3.05, 3.63) is 88.1 Å². The summed E-state index contributed by atoms with van der Waals surface area (Å²) in [6.45, 7) is 3.52. The van der Waals surface area contributed by atoms with E-state index in [1.165, 1.54) is 6.07 Å². The SMILES string of the molecule is COc1ccccc1Cn1c(=O)n([C@@H]2CCN(c3c(C)cccc3F)C2)c2cccc(OC)c21. The second kappa shape index (κ2) is 8.89. The third kappa shape index (κ3) is 3.61. The highest BCUT2D eigenvalue weighted by Gasteiger charge is 2.31. The van der Waals surface area contributed by atoms with Crippen molar-refractivity contribution in [2.75, 3.05) is 32.2 Å². The highest BCUT2D eigenvalue weighted by atomic mass is 19.1. The molecule has 1 aliphatic rings. The molecule has 0 saturated carbocycles. The van der Waals surface area contributed by atoms with Crippen molar-refractivity contribution >= 4 is 16.7 Å². The van der Waals surface area contributed by atoms with Crippen LogP contribution < -0.4 is 20.1 Å². The lowest BCUT2D eigenvalue weighted by molar-refractivity contribution is 0.407. The number of anilines is 1. The van der Waals surface area contributed by atoms with Gasteiger partial charge in [0.05, 0.1) is 38.0 Å². The maximum Gasteiger partial charge on any atom is 0.329 e. The van der Waals surface area contributed by atoms with Gasteiger partial charge in [0.2, 0.25) is 0 Å². The number of nitrogens with zero attached hydrogens (tertiary/aromatic N) is 3. The van der Waals surface area contributed by atoms with Gasteiger partial charge < -0.3 is 14.4 Å². The van der Waals surface area contributed by atoms with E-state index < -0.39 is 0 Å². The molecular weight excluding hydrogens is 433 g/mol. The van der Waals surface area contributed by atoms with E-state index in [2.05, 4.69) is 0 Å². The van der Waals surface area contributed by atoms with Crippen LogP contribution in [0.15, 0.2) is 65.5 Å². The predicted octanol–water partition coefficient (Wildman–Crippen LogP) is 4.77. The summed E-state index contributed by atoms with van der Waals surface area (Å²) in [4.78, 5) is 15.9. The van der Waals surface area contributed by atoms with Crippen molar-refractivity contribution in [1.29, 1.82) is 0 Å². The number of hydrogen-bond donors (Lipinski definition) is 0. The Balaban J connectivity index is 1.60. The van der Waals surface area contributed by atoms with Crippen molar-refractivity contribution in [3.63, 3.8) is 0 Å². The van der Waals surface area contributed by atoms with Crippen LogP contribution in [0.1, 0.15) is 23.6 Å². The first kappa shape index (κ1) is 22.1. The number of hydrogen-bond acceptors (Lipinski definition) is 4. The summed E-state index contributed by atoms with van der Waals surface area (Å²) in [6, 6.07) is 18.5. The Labute approximate surface area is 197 Å². The Bertz CT molecular complexity index is 1390. The minimum Gasteiger partial charge on any atom is -0.496 e. The zero-order chi connectivity index (χ0) is 23.8. The lowest BCUT2D eigenvalue weighted by atomic mass is 10.2. The predicted molar refractivity (Wildman–Crippen MR) is 132 cm³/mol. The molecule has 5 rings (SSSR count). The van der Waals surface area contributed by atoms with E-state index in [9.17, 15) is 9.18 Å².